The van der Waals surface area contributed by atoms with Crippen LogP contribution in [0, 0.1) is 6.92 Å². The molecule has 0 aromatic heterocycles. The lowest BCUT2D eigenvalue weighted by Crippen LogP contribution is -2.13. The van der Waals surface area contributed by atoms with Crippen LogP contribution >= 0.6 is 27.5 Å². The van der Waals surface area contributed by atoms with Crippen LogP contribution < -0.4 is 10.5 Å². The van der Waals surface area contributed by atoms with E-state index in [0.29, 0.717) is 11.4 Å². The molecule has 0 atom stereocenters. The van der Waals surface area contributed by atoms with Gasteiger partial charge in [-0.1, -0.05) is 33.6 Å². The van der Waals surface area contributed by atoms with E-state index >= 15 is 0 Å². The summed E-state index contributed by atoms with van der Waals surface area (Å²) in [6, 6.07) is 9.50. The summed E-state index contributed by atoms with van der Waals surface area (Å²) in [7, 11) is -3.78. The molecule has 0 aliphatic rings. The lowest BCUT2D eigenvalue weighted by Gasteiger charge is -2.11. The highest BCUT2D eigenvalue weighted by atomic mass is 79.9. The highest BCUT2D eigenvalue weighted by Gasteiger charge is 2.18. The number of benzene rings is 2. The van der Waals surface area contributed by atoms with E-state index in [1.54, 1.807) is 18.2 Å². The van der Waals surface area contributed by atoms with Crippen LogP contribution in [0.1, 0.15) is 5.56 Å². The van der Waals surface area contributed by atoms with Crippen molar-refractivity contribution in [2.24, 2.45) is 0 Å². The summed E-state index contributed by atoms with van der Waals surface area (Å²) >= 11 is 9.27. The van der Waals surface area contributed by atoms with Gasteiger partial charge in [0.2, 0.25) is 0 Å². The van der Waals surface area contributed by atoms with Crippen molar-refractivity contribution >= 4 is 48.9 Å². The van der Waals surface area contributed by atoms with E-state index in [2.05, 4.69) is 20.7 Å². The Morgan fingerprint density at radius 1 is 1.20 bits per heavy atom. The van der Waals surface area contributed by atoms with Gasteiger partial charge in [0, 0.05) is 15.8 Å². The summed E-state index contributed by atoms with van der Waals surface area (Å²) < 4.78 is 27.9. The number of sulfonamides is 1. The first-order valence-corrected chi connectivity index (χ1v) is 8.29. The summed E-state index contributed by atoms with van der Waals surface area (Å²) in [4.78, 5) is -0.0455. The van der Waals surface area contributed by atoms with E-state index in [9.17, 15) is 8.42 Å². The molecule has 0 unspecified atom stereocenters. The second-order valence-electron chi connectivity index (χ2n) is 4.26. The van der Waals surface area contributed by atoms with Crippen molar-refractivity contribution < 1.29 is 8.42 Å². The first kappa shape index (κ1) is 15.2. The van der Waals surface area contributed by atoms with E-state index in [-0.39, 0.29) is 9.92 Å². The number of hydrogen-bond acceptors (Lipinski definition) is 3. The van der Waals surface area contributed by atoms with Gasteiger partial charge in [0.1, 0.15) is 4.90 Å². The van der Waals surface area contributed by atoms with Crippen LogP contribution in [0.25, 0.3) is 0 Å². The number of nitrogen functional groups attached to an aromatic ring is 1. The molecule has 0 aliphatic heterocycles. The molecule has 0 spiro atoms. The summed E-state index contributed by atoms with van der Waals surface area (Å²) in [5.74, 6) is 0. The number of aryl methyl sites for hydroxylation is 1. The highest BCUT2D eigenvalue weighted by Crippen LogP contribution is 2.27. The highest BCUT2D eigenvalue weighted by molar-refractivity contribution is 9.10. The van der Waals surface area contributed by atoms with Crippen molar-refractivity contribution in [1.29, 1.82) is 0 Å². The van der Waals surface area contributed by atoms with Gasteiger partial charge in [0.05, 0.1) is 5.02 Å². The van der Waals surface area contributed by atoms with Gasteiger partial charge in [-0.2, -0.15) is 0 Å². The topological polar surface area (TPSA) is 72.2 Å². The number of nitrogens with one attached hydrogen (secondary N) is 1. The molecule has 0 amide bonds. The van der Waals surface area contributed by atoms with Crippen LogP contribution in [0.3, 0.4) is 0 Å². The quantitative estimate of drug-likeness (QED) is 0.802. The maximum Gasteiger partial charge on any atom is 0.263 e. The molecule has 2 rings (SSSR count). The van der Waals surface area contributed by atoms with Crippen LogP contribution in [0.4, 0.5) is 11.4 Å². The maximum atomic E-state index is 12.3. The largest absolute Gasteiger partial charge is 0.399 e. The normalized spacial score (nSPS) is 11.3. The molecular weight excluding hydrogens is 364 g/mol. The fourth-order valence-corrected chi connectivity index (χ4v) is 3.56. The average Bonchev–Trinajstić information content (AvgIpc) is 2.36. The average molecular weight is 376 g/mol. The predicted molar refractivity (Wildman–Crippen MR) is 85.6 cm³/mol. The van der Waals surface area contributed by atoms with Gasteiger partial charge >= 0.3 is 0 Å². The van der Waals surface area contributed by atoms with Crippen molar-refractivity contribution in [2.45, 2.75) is 11.8 Å². The fraction of sp³-hybridized carbons (Fsp3) is 0.0769. The minimum atomic E-state index is -3.78. The standard InChI is InChI=1S/C13H12BrClN2O2S/c1-8-2-4-10(7-11(8)14)17-20(18,19)13-6-9(16)3-5-12(13)15/h2-7,17H,16H2,1H3. The molecule has 106 valence electrons. The summed E-state index contributed by atoms with van der Waals surface area (Å²) in [6.07, 6.45) is 0. The summed E-state index contributed by atoms with van der Waals surface area (Å²) in [5.41, 5.74) is 7.39. The zero-order chi connectivity index (χ0) is 14.9. The molecule has 0 fully saturated rings. The Labute approximate surface area is 131 Å². The fourth-order valence-electron chi connectivity index (χ4n) is 1.59. The zero-order valence-electron chi connectivity index (χ0n) is 10.5. The Hall–Kier alpha value is -1.24. The van der Waals surface area contributed by atoms with Gasteiger partial charge in [-0.15, -0.1) is 0 Å². The Bertz CT molecular complexity index is 763. The SMILES string of the molecule is Cc1ccc(NS(=O)(=O)c2cc(N)ccc2Cl)cc1Br. The third-order valence-electron chi connectivity index (χ3n) is 2.67. The Kier molecular flexibility index (Phi) is 4.27. The Balaban J connectivity index is 2.40. The van der Waals surface area contributed by atoms with Gasteiger partial charge in [-0.3, -0.25) is 4.72 Å². The van der Waals surface area contributed by atoms with E-state index in [1.807, 2.05) is 13.0 Å². The molecule has 0 saturated heterocycles. The molecule has 0 saturated carbocycles. The van der Waals surface area contributed by atoms with Crippen LogP contribution in [0.15, 0.2) is 45.8 Å². The lowest BCUT2D eigenvalue weighted by atomic mass is 10.2. The van der Waals surface area contributed by atoms with Crippen LogP contribution in [0.5, 0.6) is 0 Å². The molecule has 0 bridgehead atoms. The van der Waals surface area contributed by atoms with Gasteiger partial charge in [0.25, 0.3) is 10.0 Å². The molecule has 2 aromatic carbocycles. The smallest absolute Gasteiger partial charge is 0.263 e. The minimum Gasteiger partial charge on any atom is -0.399 e. The number of rotatable bonds is 3. The van der Waals surface area contributed by atoms with Gasteiger partial charge in [-0.25, -0.2) is 8.42 Å². The maximum absolute atomic E-state index is 12.3. The monoisotopic (exact) mass is 374 g/mol. The van der Waals surface area contributed by atoms with Crippen molar-refractivity contribution in [3.05, 3.63) is 51.5 Å². The van der Waals surface area contributed by atoms with Crippen LogP contribution in [-0.2, 0) is 10.0 Å². The number of hydrogen-bond donors (Lipinski definition) is 2. The molecule has 7 heteroatoms. The molecule has 4 nitrogen and oxygen atoms in total. The van der Waals surface area contributed by atoms with E-state index in [4.69, 9.17) is 17.3 Å². The number of anilines is 2. The Morgan fingerprint density at radius 2 is 1.90 bits per heavy atom. The first-order valence-electron chi connectivity index (χ1n) is 5.63. The van der Waals surface area contributed by atoms with Crippen LogP contribution in [-0.4, -0.2) is 8.42 Å². The molecular formula is C13H12BrClN2O2S. The lowest BCUT2D eigenvalue weighted by molar-refractivity contribution is 0.601. The van der Waals surface area contributed by atoms with Crippen molar-refractivity contribution in [3.8, 4) is 0 Å². The zero-order valence-corrected chi connectivity index (χ0v) is 13.7. The van der Waals surface area contributed by atoms with Crippen molar-refractivity contribution in [1.82, 2.24) is 0 Å². The van der Waals surface area contributed by atoms with Crippen LogP contribution in [0.2, 0.25) is 5.02 Å². The summed E-state index contributed by atoms with van der Waals surface area (Å²) in [6.45, 7) is 1.91. The second kappa shape index (κ2) is 5.63. The van der Waals surface area contributed by atoms with Gasteiger partial charge in [-0.05, 0) is 42.8 Å². The molecule has 20 heavy (non-hydrogen) atoms. The molecule has 3 N–H and O–H groups in total. The minimum absolute atomic E-state index is 0.0455. The molecule has 0 heterocycles. The van der Waals surface area contributed by atoms with Crippen molar-refractivity contribution in [2.75, 3.05) is 10.5 Å². The molecule has 2 aromatic rings. The summed E-state index contributed by atoms with van der Waals surface area (Å²) in [5, 5.41) is 0.123. The van der Waals surface area contributed by atoms with E-state index in [1.165, 1.54) is 12.1 Å². The van der Waals surface area contributed by atoms with Gasteiger partial charge < -0.3 is 5.73 Å². The van der Waals surface area contributed by atoms with E-state index < -0.39 is 10.0 Å². The Morgan fingerprint density at radius 3 is 2.55 bits per heavy atom. The predicted octanol–water partition coefficient (Wildman–Crippen LogP) is 3.79. The molecule has 0 radical (unpaired) electrons. The second-order valence-corrected chi connectivity index (χ2v) is 7.17. The third-order valence-corrected chi connectivity index (χ3v) is 5.39. The van der Waals surface area contributed by atoms with E-state index in [0.717, 1.165) is 10.0 Å². The van der Waals surface area contributed by atoms with Crippen molar-refractivity contribution in [3.63, 3.8) is 0 Å². The number of nitrogens with two attached hydrogens (primary N) is 1. The first-order chi connectivity index (χ1) is 9.29. The number of halogens is 2. The van der Waals surface area contributed by atoms with Gasteiger partial charge in [0.15, 0.2) is 0 Å². The molecule has 0 aliphatic carbocycles. The third kappa shape index (κ3) is 3.26.